The van der Waals surface area contributed by atoms with Crippen LogP contribution in [0.15, 0.2) is 42.5 Å². The summed E-state index contributed by atoms with van der Waals surface area (Å²) in [6.45, 7) is 0. The standard InChI is InChI=1S/C14H8ClF2NO2/c15-13(19)11-9(16)6-7-10(12(11)17)18-14(20)8-4-2-1-3-5-8/h1-7H,(H,18,20). The second kappa shape index (κ2) is 5.79. The zero-order valence-electron chi connectivity index (χ0n) is 9.99. The van der Waals surface area contributed by atoms with E-state index in [1.807, 2.05) is 0 Å². The summed E-state index contributed by atoms with van der Waals surface area (Å²) < 4.78 is 27.2. The molecule has 2 rings (SSSR count). The first-order valence-corrected chi connectivity index (χ1v) is 5.92. The van der Waals surface area contributed by atoms with Crippen LogP contribution in [0.1, 0.15) is 20.7 Å². The number of amides is 1. The van der Waals surface area contributed by atoms with E-state index in [0.29, 0.717) is 5.56 Å². The van der Waals surface area contributed by atoms with E-state index < -0.39 is 28.3 Å². The van der Waals surface area contributed by atoms with Crippen LogP contribution in [-0.2, 0) is 0 Å². The molecule has 0 aliphatic heterocycles. The Balaban J connectivity index is 2.33. The SMILES string of the molecule is O=C(Nc1ccc(F)c(C(=O)Cl)c1F)c1ccccc1. The van der Waals surface area contributed by atoms with Crippen molar-refractivity contribution in [2.75, 3.05) is 5.32 Å². The van der Waals surface area contributed by atoms with Gasteiger partial charge in [0.1, 0.15) is 11.4 Å². The predicted molar refractivity (Wildman–Crippen MR) is 70.9 cm³/mol. The second-order valence-electron chi connectivity index (χ2n) is 3.88. The van der Waals surface area contributed by atoms with E-state index in [0.717, 1.165) is 12.1 Å². The van der Waals surface area contributed by atoms with Gasteiger partial charge in [0.2, 0.25) is 0 Å². The van der Waals surface area contributed by atoms with Crippen LogP contribution in [0.4, 0.5) is 14.5 Å². The zero-order valence-corrected chi connectivity index (χ0v) is 10.7. The van der Waals surface area contributed by atoms with Crippen LogP contribution in [0.3, 0.4) is 0 Å². The van der Waals surface area contributed by atoms with Gasteiger partial charge in [0.25, 0.3) is 11.1 Å². The second-order valence-corrected chi connectivity index (χ2v) is 4.22. The Bertz CT molecular complexity index is 674. The summed E-state index contributed by atoms with van der Waals surface area (Å²) in [6.07, 6.45) is 0. The maximum atomic E-state index is 13.9. The topological polar surface area (TPSA) is 46.2 Å². The summed E-state index contributed by atoms with van der Waals surface area (Å²) in [7, 11) is 0. The molecule has 2 aromatic rings. The van der Waals surface area contributed by atoms with E-state index in [1.165, 1.54) is 12.1 Å². The minimum Gasteiger partial charge on any atom is -0.319 e. The summed E-state index contributed by atoms with van der Waals surface area (Å²) in [4.78, 5) is 22.8. The van der Waals surface area contributed by atoms with Crippen LogP contribution in [0.2, 0.25) is 0 Å². The van der Waals surface area contributed by atoms with E-state index >= 15 is 0 Å². The highest BCUT2D eigenvalue weighted by Crippen LogP contribution is 2.23. The molecule has 0 heterocycles. The minimum atomic E-state index is -1.27. The lowest BCUT2D eigenvalue weighted by molar-refractivity contribution is 0.102. The van der Waals surface area contributed by atoms with Gasteiger partial charge in [-0.15, -0.1) is 0 Å². The van der Waals surface area contributed by atoms with E-state index in [-0.39, 0.29) is 5.69 Å². The van der Waals surface area contributed by atoms with Crippen molar-refractivity contribution >= 4 is 28.4 Å². The van der Waals surface area contributed by atoms with Crippen LogP contribution in [-0.4, -0.2) is 11.1 Å². The molecule has 0 aromatic heterocycles. The van der Waals surface area contributed by atoms with Gasteiger partial charge in [-0.25, -0.2) is 8.78 Å². The van der Waals surface area contributed by atoms with Gasteiger partial charge in [-0.05, 0) is 35.9 Å². The zero-order chi connectivity index (χ0) is 14.7. The number of carbonyl (C=O) groups is 2. The third kappa shape index (κ3) is 2.83. The summed E-state index contributed by atoms with van der Waals surface area (Å²) in [5.74, 6) is -2.86. The van der Waals surface area contributed by atoms with Gasteiger partial charge < -0.3 is 5.32 Å². The molecule has 0 fully saturated rings. The fraction of sp³-hybridized carbons (Fsp3) is 0. The number of carbonyl (C=O) groups excluding carboxylic acids is 2. The van der Waals surface area contributed by atoms with Crippen molar-refractivity contribution in [1.29, 1.82) is 0 Å². The summed E-state index contributed by atoms with van der Waals surface area (Å²) in [5, 5.41) is 0.990. The van der Waals surface area contributed by atoms with Crippen molar-refractivity contribution < 1.29 is 18.4 Å². The Kier molecular flexibility index (Phi) is 4.10. The van der Waals surface area contributed by atoms with Crippen molar-refractivity contribution in [2.24, 2.45) is 0 Å². The van der Waals surface area contributed by atoms with Crippen molar-refractivity contribution in [1.82, 2.24) is 0 Å². The number of anilines is 1. The van der Waals surface area contributed by atoms with Gasteiger partial charge >= 0.3 is 0 Å². The molecule has 2 aromatic carbocycles. The van der Waals surface area contributed by atoms with Gasteiger partial charge in [-0.2, -0.15) is 0 Å². The Morgan fingerprint density at radius 2 is 1.65 bits per heavy atom. The molecular formula is C14H8ClF2NO2. The average Bonchev–Trinajstić information content (AvgIpc) is 2.42. The molecule has 1 amide bonds. The third-order valence-corrected chi connectivity index (χ3v) is 2.76. The van der Waals surface area contributed by atoms with Gasteiger partial charge in [0.15, 0.2) is 5.82 Å². The maximum Gasteiger partial charge on any atom is 0.258 e. The Morgan fingerprint density at radius 1 is 1.00 bits per heavy atom. The highest BCUT2D eigenvalue weighted by molar-refractivity contribution is 6.67. The van der Waals surface area contributed by atoms with Crippen molar-refractivity contribution in [2.45, 2.75) is 0 Å². The normalized spacial score (nSPS) is 10.2. The number of nitrogens with one attached hydrogen (secondary N) is 1. The molecule has 0 saturated carbocycles. The molecule has 0 spiro atoms. The Labute approximate surface area is 118 Å². The number of hydrogen-bond donors (Lipinski definition) is 1. The first-order chi connectivity index (χ1) is 9.50. The van der Waals surface area contributed by atoms with E-state index in [9.17, 15) is 18.4 Å². The lowest BCUT2D eigenvalue weighted by Crippen LogP contribution is -2.14. The van der Waals surface area contributed by atoms with Crippen LogP contribution in [0.25, 0.3) is 0 Å². The molecular weight excluding hydrogens is 288 g/mol. The van der Waals surface area contributed by atoms with Gasteiger partial charge in [0, 0.05) is 5.56 Å². The molecule has 20 heavy (non-hydrogen) atoms. The summed E-state index contributed by atoms with van der Waals surface area (Å²) >= 11 is 5.11. The van der Waals surface area contributed by atoms with Crippen LogP contribution in [0, 0.1) is 11.6 Å². The quantitative estimate of drug-likeness (QED) is 0.880. The van der Waals surface area contributed by atoms with E-state index in [4.69, 9.17) is 11.6 Å². The molecule has 0 aliphatic rings. The fourth-order valence-corrected chi connectivity index (χ4v) is 1.79. The Morgan fingerprint density at radius 3 is 2.25 bits per heavy atom. The minimum absolute atomic E-state index is 0.301. The molecule has 0 saturated heterocycles. The maximum absolute atomic E-state index is 13.9. The van der Waals surface area contributed by atoms with Gasteiger partial charge in [0.05, 0.1) is 5.69 Å². The number of rotatable bonds is 3. The highest BCUT2D eigenvalue weighted by atomic mass is 35.5. The third-order valence-electron chi connectivity index (χ3n) is 2.57. The number of hydrogen-bond acceptors (Lipinski definition) is 2. The molecule has 0 bridgehead atoms. The first kappa shape index (κ1) is 14.1. The first-order valence-electron chi connectivity index (χ1n) is 5.55. The monoisotopic (exact) mass is 295 g/mol. The molecule has 0 unspecified atom stereocenters. The average molecular weight is 296 g/mol. The molecule has 102 valence electrons. The predicted octanol–water partition coefficient (Wildman–Crippen LogP) is 3.60. The fourth-order valence-electron chi connectivity index (χ4n) is 1.61. The van der Waals surface area contributed by atoms with Crippen LogP contribution in [0.5, 0.6) is 0 Å². The summed E-state index contributed by atoms with van der Waals surface area (Å²) in [5.41, 5.74) is -0.906. The van der Waals surface area contributed by atoms with Crippen LogP contribution >= 0.6 is 11.6 Å². The molecule has 1 N–H and O–H groups in total. The van der Waals surface area contributed by atoms with E-state index in [1.54, 1.807) is 18.2 Å². The number of halogens is 3. The molecule has 6 heteroatoms. The van der Waals surface area contributed by atoms with Gasteiger partial charge in [-0.1, -0.05) is 18.2 Å². The largest absolute Gasteiger partial charge is 0.319 e. The van der Waals surface area contributed by atoms with Crippen molar-refractivity contribution in [3.63, 3.8) is 0 Å². The van der Waals surface area contributed by atoms with Crippen molar-refractivity contribution in [3.05, 3.63) is 65.2 Å². The van der Waals surface area contributed by atoms with Crippen molar-refractivity contribution in [3.8, 4) is 0 Å². The number of benzene rings is 2. The van der Waals surface area contributed by atoms with Crippen LogP contribution < -0.4 is 5.32 Å². The lowest BCUT2D eigenvalue weighted by atomic mass is 10.1. The summed E-state index contributed by atoms with van der Waals surface area (Å²) in [6, 6.07) is 9.95. The molecule has 3 nitrogen and oxygen atoms in total. The van der Waals surface area contributed by atoms with E-state index in [2.05, 4.69) is 5.32 Å². The molecule has 0 atom stereocenters. The highest BCUT2D eigenvalue weighted by Gasteiger charge is 2.20. The Hall–Kier alpha value is -2.27. The molecule has 0 radical (unpaired) electrons. The lowest BCUT2D eigenvalue weighted by Gasteiger charge is -2.08. The molecule has 0 aliphatic carbocycles. The van der Waals surface area contributed by atoms with Gasteiger partial charge in [-0.3, -0.25) is 9.59 Å². The smallest absolute Gasteiger partial charge is 0.258 e.